The van der Waals surface area contributed by atoms with Crippen LogP contribution >= 0.6 is 0 Å². The van der Waals surface area contributed by atoms with Crippen molar-refractivity contribution in [3.8, 4) is 23.0 Å². The van der Waals surface area contributed by atoms with Gasteiger partial charge in [0, 0.05) is 125 Å². The topological polar surface area (TPSA) is 261 Å². The van der Waals surface area contributed by atoms with Gasteiger partial charge in [0.15, 0.2) is 0 Å². The van der Waals surface area contributed by atoms with Crippen LogP contribution in [0.2, 0.25) is 0 Å². The Morgan fingerprint density at radius 1 is 0.406 bits per heavy atom. The zero-order valence-corrected chi connectivity index (χ0v) is 40.1. The molecule has 344 valence electrons. The van der Waals surface area contributed by atoms with Crippen molar-refractivity contribution in [3.05, 3.63) is 125 Å². The normalized spacial score (nSPS) is 11.1. The van der Waals surface area contributed by atoms with Crippen LogP contribution in [0.4, 0.5) is 11.4 Å². The van der Waals surface area contributed by atoms with Crippen molar-refractivity contribution in [2.45, 2.75) is 53.9 Å². The minimum Gasteiger partial charge on any atom is -0.508 e. The molecule has 0 heterocycles. The number of nitrogens with zero attached hydrogens (tertiary/aromatic N) is 6. The second-order valence-corrected chi connectivity index (χ2v) is 15.3. The fourth-order valence-electron chi connectivity index (χ4n) is 6.77. The van der Waals surface area contributed by atoms with Crippen LogP contribution in [0.15, 0.2) is 60.7 Å². The molecule has 0 aliphatic carbocycles. The minimum atomic E-state index is -0.562. The molecule has 0 fully saturated rings. The van der Waals surface area contributed by atoms with Gasteiger partial charge in [-0.15, -0.1) is 0 Å². The SMILES string of the molecule is Cc1cc(O)c(CN(CCO)CCN(CCO)Cc2cc(C)c(C)cc2O)cc1C.O=[N+]([O-])c1ccc(O)c(CN(CCO)CCN(CCO)Cc2cc([N+](=O)[O-])ccc2O)c1.[Ti+2].[Ti+2]. The van der Waals surface area contributed by atoms with Crippen molar-refractivity contribution in [1.82, 2.24) is 19.6 Å². The van der Waals surface area contributed by atoms with Crippen molar-refractivity contribution in [2.24, 2.45) is 0 Å². The molecule has 0 saturated carbocycles. The number of phenols is 4. The molecule has 4 aromatic rings. The summed E-state index contributed by atoms with van der Waals surface area (Å²) in [5.41, 5.74) is 6.36. The Morgan fingerprint density at radius 3 is 0.906 bits per heavy atom. The van der Waals surface area contributed by atoms with Crippen molar-refractivity contribution in [2.75, 3.05) is 78.8 Å². The van der Waals surface area contributed by atoms with E-state index in [1.54, 1.807) is 21.9 Å². The number of aliphatic hydroxyl groups is 4. The molecule has 64 heavy (non-hydrogen) atoms. The number of hydrogen-bond acceptors (Lipinski definition) is 16. The number of aliphatic hydroxyl groups excluding tert-OH is 4. The van der Waals surface area contributed by atoms with Crippen LogP contribution in [-0.2, 0) is 69.6 Å². The van der Waals surface area contributed by atoms with Crippen LogP contribution in [0.1, 0.15) is 44.5 Å². The molecule has 0 spiro atoms. The van der Waals surface area contributed by atoms with E-state index in [9.17, 15) is 61.1 Å². The number of aryl methyl sites for hydroxylation is 4. The monoisotopic (exact) mass is 962 g/mol. The van der Waals surface area contributed by atoms with Gasteiger partial charge in [0.2, 0.25) is 0 Å². The molecule has 8 N–H and O–H groups in total. The van der Waals surface area contributed by atoms with Crippen molar-refractivity contribution < 1.29 is 94.1 Å². The maximum absolute atomic E-state index is 11.0. The molecule has 0 atom stereocenters. The summed E-state index contributed by atoms with van der Waals surface area (Å²) in [7, 11) is 0. The van der Waals surface area contributed by atoms with Crippen molar-refractivity contribution >= 4 is 11.4 Å². The van der Waals surface area contributed by atoms with Crippen molar-refractivity contribution in [1.29, 1.82) is 0 Å². The summed E-state index contributed by atoms with van der Waals surface area (Å²) >= 11 is 0. The summed E-state index contributed by atoms with van der Waals surface area (Å²) in [6, 6.07) is 15.0. The predicted octanol–water partition coefficient (Wildman–Crippen LogP) is 3.82. The summed E-state index contributed by atoms with van der Waals surface area (Å²) in [6.07, 6.45) is 0. The quantitative estimate of drug-likeness (QED) is 0.0282. The third-order valence-corrected chi connectivity index (χ3v) is 10.6. The minimum absolute atomic E-state index is 0. The van der Waals surface area contributed by atoms with E-state index in [-0.39, 0.29) is 130 Å². The second-order valence-electron chi connectivity index (χ2n) is 15.3. The molecule has 0 aromatic heterocycles. The second kappa shape index (κ2) is 29.5. The molecule has 0 unspecified atom stereocenters. The Kier molecular flexibility index (Phi) is 26.7. The average molecular weight is 963 g/mol. The number of phenolic OH excluding ortho intramolecular Hbond substituents is 4. The van der Waals surface area contributed by atoms with Crippen LogP contribution in [0.3, 0.4) is 0 Å². The van der Waals surface area contributed by atoms with E-state index < -0.39 is 9.85 Å². The summed E-state index contributed by atoms with van der Waals surface area (Å²) in [5, 5.41) is 100. The van der Waals surface area contributed by atoms with Crippen LogP contribution in [0, 0.1) is 47.9 Å². The first-order valence-corrected chi connectivity index (χ1v) is 20.3. The Morgan fingerprint density at radius 2 is 0.656 bits per heavy atom. The Labute approximate surface area is 404 Å². The molecule has 0 bridgehead atoms. The summed E-state index contributed by atoms with van der Waals surface area (Å²) < 4.78 is 0. The first-order valence-electron chi connectivity index (χ1n) is 20.3. The fraction of sp³-hybridized carbons (Fsp3) is 0.455. The molecular formula is C44H62N6O12Ti2+4. The molecule has 20 heteroatoms. The molecular weight excluding hydrogens is 900 g/mol. The Hall–Kier alpha value is -4.01. The van der Waals surface area contributed by atoms with Gasteiger partial charge in [-0.05, 0) is 74.2 Å². The number of benzene rings is 4. The van der Waals surface area contributed by atoms with Crippen LogP contribution in [0.5, 0.6) is 23.0 Å². The smallest absolute Gasteiger partial charge is 0.508 e. The van der Waals surface area contributed by atoms with Gasteiger partial charge in [0.25, 0.3) is 11.4 Å². The number of nitro benzene ring substituents is 2. The van der Waals surface area contributed by atoms with Crippen LogP contribution in [-0.4, -0.2) is 149 Å². The number of hydrogen-bond donors (Lipinski definition) is 8. The van der Waals surface area contributed by atoms with Crippen LogP contribution in [0.25, 0.3) is 0 Å². The largest absolute Gasteiger partial charge is 2.00 e. The van der Waals surface area contributed by atoms with Gasteiger partial charge >= 0.3 is 43.4 Å². The zero-order chi connectivity index (χ0) is 45.9. The maximum Gasteiger partial charge on any atom is 2.00 e. The van der Waals surface area contributed by atoms with Gasteiger partial charge in [-0.3, -0.25) is 39.8 Å². The third kappa shape index (κ3) is 18.8. The van der Waals surface area contributed by atoms with Gasteiger partial charge in [0.1, 0.15) is 23.0 Å². The molecule has 0 saturated heterocycles. The molecule has 4 rings (SSSR count). The number of nitro groups is 2. The van der Waals surface area contributed by atoms with Gasteiger partial charge in [0.05, 0.1) is 36.3 Å². The Balaban J connectivity index is 0.000000622. The first kappa shape index (κ1) is 58.0. The van der Waals surface area contributed by atoms with Gasteiger partial charge in [-0.25, -0.2) is 0 Å². The molecule has 4 aromatic carbocycles. The standard InChI is InChI=1S/C24H36N2O4.C20H26N4O8.2Ti/c1-17-11-21(23(29)13-19(17)3)15-25(7-9-27)5-6-26(8-10-28)16-22-12-18(2)20(4)14-24(22)30;25-9-7-21(13-15-11-17(23(29)30)1-3-19(15)27)5-6-22(8-10-26)14-16-12-18(24(31)32)2-4-20(16)28;;/h11-14,27-30H,5-10,15-16H2,1-4H3;1-4,11-12,25-28H,5-10,13-14H2;;/q;;2*+2. The molecule has 0 amide bonds. The van der Waals surface area contributed by atoms with Crippen molar-refractivity contribution in [3.63, 3.8) is 0 Å². The molecule has 0 aliphatic heterocycles. The van der Waals surface area contributed by atoms with E-state index in [1.165, 1.54) is 36.4 Å². The van der Waals surface area contributed by atoms with E-state index in [1.807, 2.05) is 39.8 Å². The van der Waals surface area contributed by atoms with Gasteiger partial charge in [-0.2, -0.15) is 0 Å². The van der Waals surface area contributed by atoms with E-state index >= 15 is 0 Å². The molecule has 18 nitrogen and oxygen atoms in total. The van der Waals surface area contributed by atoms with Crippen LogP contribution < -0.4 is 0 Å². The molecule has 0 radical (unpaired) electrons. The molecule has 0 aliphatic rings. The van der Waals surface area contributed by atoms with E-state index in [0.29, 0.717) is 63.5 Å². The first-order chi connectivity index (χ1) is 29.5. The fourth-order valence-corrected chi connectivity index (χ4v) is 6.77. The van der Waals surface area contributed by atoms with Gasteiger partial charge in [-0.1, -0.05) is 12.1 Å². The van der Waals surface area contributed by atoms with E-state index in [0.717, 1.165) is 33.4 Å². The number of non-ortho nitro benzene ring substituents is 2. The third-order valence-electron chi connectivity index (χ3n) is 10.6. The number of rotatable bonds is 24. The van der Waals surface area contributed by atoms with Gasteiger partial charge < -0.3 is 40.9 Å². The average Bonchev–Trinajstić information content (AvgIpc) is 3.21. The van der Waals surface area contributed by atoms with E-state index in [4.69, 9.17) is 0 Å². The van der Waals surface area contributed by atoms with E-state index in [2.05, 4.69) is 9.80 Å². The maximum atomic E-state index is 11.0. The summed E-state index contributed by atoms with van der Waals surface area (Å²) in [4.78, 5) is 28.6. The number of aromatic hydroxyl groups is 4. The Bertz CT molecular complexity index is 1940. The summed E-state index contributed by atoms with van der Waals surface area (Å²) in [5.74, 6) is 0.334. The zero-order valence-electron chi connectivity index (χ0n) is 37.0. The predicted molar refractivity (Wildman–Crippen MR) is 234 cm³/mol. The summed E-state index contributed by atoms with van der Waals surface area (Å²) in [6.45, 7) is 12.6.